The molecule has 0 rings (SSSR count). The Bertz CT molecular complexity index is 408. The molecular formula is C14H22N2O5. The predicted molar refractivity (Wildman–Crippen MR) is 77.5 cm³/mol. The molecule has 1 unspecified atom stereocenters. The summed E-state index contributed by atoms with van der Waals surface area (Å²) in [5.41, 5.74) is 5.73. The van der Waals surface area contributed by atoms with Crippen molar-refractivity contribution >= 4 is 17.8 Å². The molecule has 0 aromatic rings. The van der Waals surface area contributed by atoms with Gasteiger partial charge in [0, 0.05) is 13.6 Å². The number of carbonyl (C=O) groups is 3. The molecule has 0 heterocycles. The van der Waals surface area contributed by atoms with Crippen LogP contribution < -0.4 is 5.73 Å². The zero-order chi connectivity index (χ0) is 16.4. The van der Waals surface area contributed by atoms with Crippen LogP contribution in [0.2, 0.25) is 0 Å². The highest BCUT2D eigenvalue weighted by Gasteiger charge is 2.31. The average Bonchev–Trinajstić information content (AvgIpc) is 2.46. The van der Waals surface area contributed by atoms with Crippen molar-refractivity contribution in [3.8, 4) is 0 Å². The van der Waals surface area contributed by atoms with E-state index in [-0.39, 0.29) is 25.5 Å². The minimum Gasteiger partial charge on any atom is -0.460 e. The topological polar surface area (TPSA) is 98.9 Å². The molecule has 0 bridgehead atoms. The van der Waals surface area contributed by atoms with Crippen molar-refractivity contribution in [2.45, 2.75) is 13.0 Å². The number of ether oxygens (including phenoxy) is 2. The van der Waals surface area contributed by atoms with Gasteiger partial charge in [-0.1, -0.05) is 25.3 Å². The highest BCUT2D eigenvalue weighted by Crippen LogP contribution is 2.09. The Morgan fingerprint density at radius 3 is 2.19 bits per heavy atom. The molecule has 0 fully saturated rings. The SMILES string of the molecule is C=CCOC(=O)C(N)[C@H](CN(C)C(=O)OCC=C)C(C)=O. The van der Waals surface area contributed by atoms with E-state index in [0.717, 1.165) is 0 Å². The quantitative estimate of drug-likeness (QED) is 0.491. The third-order valence-corrected chi connectivity index (χ3v) is 2.68. The summed E-state index contributed by atoms with van der Waals surface area (Å²) in [7, 11) is 1.45. The zero-order valence-corrected chi connectivity index (χ0v) is 12.4. The van der Waals surface area contributed by atoms with Crippen molar-refractivity contribution in [3.63, 3.8) is 0 Å². The summed E-state index contributed by atoms with van der Waals surface area (Å²) in [6.45, 7) is 8.15. The van der Waals surface area contributed by atoms with Crippen LogP contribution in [0, 0.1) is 5.92 Å². The van der Waals surface area contributed by atoms with Crippen LogP contribution in [0.4, 0.5) is 4.79 Å². The Hall–Kier alpha value is -2.15. The van der Waals surface area contributed by atoms with Crippen molar-refractivity contribution in [1.29, 1.82) is 0 Å². The Balaban J connectivity index is 4.71. The first-order valence-electron chi connectivity index (χ1n) is 6.37. The van der Waals surface area contributed by atoms with E-state index >= 15 is 0 Å². The highest BCUT2D eigenvalue weighted by molar-refractivity contribution is 5.87. The largest absolute Gasteiger partial charge is 0.460 e. The number of rotatable bonds is 9. The lowest BCUT2D eigenvalue weighted by Crippen LogP contribution is -2.48. The minimum absolute atomic E-state index is 0.00831. The molecule has 7 nitrogen and oxygen atoms in total. The number of esters is 1. The molecule has 0 aliphatic carbocycles. The minimum atomic E-state index is -1.16. The van der Waals surface area contributed by atoms with Gasteiger partial charge in [0.15, 0.2) is 0 Å². The van der Waals surface area contributed by atoms with Crippen LogP contribution in [0.3, 0.4) is 0 Å². The second kappa shape index (κ2) is 9.71. The summed E-state index contributed by atoms with van der Waals surface area (Å²) in [6.07, 6.45) is 2.19. The van der Waals surface area contributed by atoms with Gasteiger partial charge >= 0.3 is 12.1 Å². The van der Waals surface area contributed by atoms with Crippen molar-refractivity contribution in [3.05, 3.63) is 25.3 Å². The van der Waals surface area contributed by atoms with Crippen LogP contribution in [-0.2, 0) is 19.1 Å². The molecule has 0 aromatic carbocycles. The first-order chi connectivity index (χ1) is 9.84. The van der Waals surface area contributed by atoms with E-state index in [9.17, 15) is 14.4 Å². The van der Waals surface area contributed by atoms with Gasteiger partial charge in [0.1, 0.15) is 25.0 Å². The van der Waals surface area contributed by atoms with Gasteiger partial charge in [0.25, 0.3) is 0 Å². The van der Waals surface area contributed by atoms with Crippen LogP contribution >= 0.6 is 0 Å². The number of nitrogens with zero attached hydrogens (tertiary/aromatic N) is 1. The Morgan fingerprint density at radius 1 is 1.19 bits per heavy atom. The number of hydrogen-bond donors (Lipinski definition) is 1. The molecule has 118 valence electrons. The van der Waals surface area contributed by atoms with Crippen molar-refractivity contribution < 1.29 is 23.9 Å². The van der Waals surface area contributed by atoms with Gasteiger partial charge in [-0.05, 0) is 6.92 Å². The fourth-order valence-electron chi connectivity index (χ4n) is 1.51. The molecule has 0 aliphatic heterocycles. The van der Waals surface area contributed by atoms with Crippen LogP contribution in [0.5, 0.6) is 0 Å². The molecule has 0 aliphatic rings. The molecule has 0 spiro atoms. The van der Waals surface area contributed by atoms with E-state index in [1.165, 1.54) is 31.0 Å². The highest BCUT2D eigenvalue weighted by atomic mass is 16.6. The third-order valence-electron chi connectivity index (χ3n) is 2.68. The second-order valence-electron chi connectivity index (χ2n) is 4.41. The van der Waals surface area contributed by atoms with Gasteiger partial charge in [-0.25, -0.2) is 4.79 Å². The first kappa shape index (κ1) is 18.9. The standard InChI is InChI=1S/C14H22N2O5/c1-5-7-20-13(18)12(15)11(10(3)17)9-16(4)14(19)21-8-6-2/h5-6,11-12H,1-2,7-9,15H2,3-4H3/t11-,12?/m1/s1. The van der Waals surface area contributed by atoms with E-state index in [2.05, 4.69) is 13.2 Å². The molecule has 7 heteroatoms. The van der Waals surface area contributed by atoms with Gasteiger partial charge in [-0.3, -0.25) is 9.59 Å². The lowest BCUT2D eigenvalue weighted by molar-refractivity contribution is -0.147. The molecule has 21 heavy (non-hydrogen) atoms. The van der Waals surface area contributed by atoms with E-state index in [1.54, 1.807) is 0 Å². The second-order valence-corrected chi connectivity index (χ2v) is 4.41. The molecule has 0 aromatic heterocycles. The monoisotopic (exact) mass is 298 g/mol. The normalized spacial score (nSPS) is 12.7. The van der Waals surface area contributed by atoms with Crippen LogP contribution in [0.1, 0.15) is 6.92 Å². The summed E-state index contributed by atoms with van der Waals surface area (Å²) in [5.74, 6) is -1.91. The summed E-state index contributed by atoms with van der Waals surface area (Å²) < 4.78 is 9.63. The molecule has 1 amide bonds. The summed E-state index contributed by atoms with van der Waals surface area (Å²) in [4.78, 5) is 36.1. The number of ketones is 1. The van der Waals surface area contributed by atoms with Crippen molar-refractivity contribution in [2.24, 2.45) is 11.7 Å². The number of hydrogen-bond acceptors (Lipinski definition) is 6. The van der Waals surface area contributed by atoms with Gasteiger partial charge < -0.3 is 20.1 Å². The van der Waals surface area contributed by atoms with Crippen LogP contribution in [0.25, 0.3) is 0 Å². The van der Waals surface area contributed by atoms with Gasteiger partial charge in [0.05, 0.1) is 5.92 Å². The smallest absolute Gasteiger partial charge is 0.409 e. The fourth-order valence-corrected chi connectivity index (χ4v) is 1.51. The molecule has 0 saturated carbocycles. The Kier molecular flexibility index (Phi) is 8.71. The number of carbonyl (C=O) groups excluding carboxylic acids is 3. The maximum absolute atomic E-state index is 11.7. The molecule has 2 atom stereocenters. The van der Waals surface area contributed by atoms with Crippen molar-refractivity contribution in [2.75, 3.05) is 26.8 Å². The predicted octanol–water partition coefficient (Wildman–Crippen LogP) is 0.503. The number of amides is 1. The summed E-state index contributed by atoms with van der Waals surface area (Å²) in [5, 5.41) is 0. The zero-order valence-electron chi connectivity index (χ0n) is 12.4. The van der Waals surface area contributed by atoms with Gasteiger partial charge in [-0.2, -0.15) is 0 Å². The van der Waals surface area contributed by atoms with E-state index < -0.39 is 24.0 Å². The van der Waals surface area contributed by atoms with Crippen molar-refractivity contribution in [1.82, 2.24) is 4.90 Å². The van der Waals surface area contributed by atoms with Crippen LogP contribution in [-0.4, -0.2) is 55.6 Å². The third kappa shape index (κ3) is 6.71. The summed E-state index contributed by atoms with van der Waals surface area (Å²) in [6, 6.07) is -1.16. The lowest BCUT2D eigenvalue weighted by Gasteiger charge is -2.25. The Morgan fingerprint density at radius 2 is 1.71 bits per heavy atom. The maximum atomic E-state index is 11.7. The van der Waals surface area contributed by atoms with Gasteiger partial charge in [0.2, 0.25) is 0 Å². The number of nitrogens with two attached hydrogens (primary N) is 1. The van der Waals surface area contributed by atoms with E-state index in [4.69, 9.17) is 15.2 Å². The lowest BCUT2D eigenvalue weighted by atomic mass is 9.96. The van der Waals surface area contributed by atoms with Gasteiger partial charge in [-0.15, -0.1) is 0 Å². The first-order valence-corrected chi connectivity index (χ1v) is 6.37. The molecular weight excluding hydrogens is 276 g/mol. The maximum Gasteiger partial charge on any atom is 0.409 e. The van der Waals surface area contributed by atoms with E-state index in [1.807, 2.05) is 0 Å². The average molecular weight is 298 g/mol. The summed E-state index contributed by atoms with van der Waals surface area (Å²) >= 11 is 0. The Labute approximate surface area is 124 Å². The molecule has 0 radical (unpaired) electrons. The van der Waals surface area contributed by atoms with Crippen LogP contribution in [0.15, 0.2) is 25.3 Å². The number of Topliss-reactive ketones (excluding diaryl/α,β-unsaturated/α-hetero) is 1. The van der Waals surface area contributed by atoms with E-state index in [0.29, 0.717) is 0 Å². The molecule has 0 saturated heterocycles. The molecule has 2 N–H and O–H groups in total. The fraction of sp³-hybridized carbons (Fsp3) is 0.500.